The van der Waals surface area contributed by atoms with E-state index in [-0.39, 0.29) is 0 Å². The Balaban J connectivity index is 1.66. The van der Waals surface area contributed by atoms with E-state index in [1.807, 2.05) is 12.1 Å². The summed E-state index contributed by atoms with van der Waals surface area (Å²) in [6.45, 7) is 3.16. The monoisotopic (exact) mass is 380 g/mol. The molecule has 2 aliphatic rings. The highest BCUT2D eigenvalue weighted by Gasteiger charge is 2.31. The number of carboxylic acid groups (broad SMARTS) is 1. The summed E-state index contributed by atoms with van der Waals surface area (Å²) in [7, 11) is -3.52. The third-order valence-corrected chi connectivity index (χ3v) is 7.69. The van der Waals surface area contributed by atoms with Gasteiger partial charge in [-0.3, -0.25) is 9.69 Å². The molecule has 1 aliphatic heterocycles. The van der Waals surface area contributed by atoms with Crippen molar-refractivity contribution in [2.24, 2.45) is 0 Å². The molecule has 2 fully saturated rings. The molecule has 0 amide bonds. The van der Waals surface area contributed by atoms with Crippen LogP contribution in [0.15, 0.2) is 29.2 Å². The normalized spacial score (nSPS) is 22.2. The predicted molar refractivity (Wildman–Crippen MR) is 99.7 cm³/mol. The van der Waals surface area contributed by atoms with Crippen LogP contribution in [0.1, 0.15) is 50.5 Å². The fourth-order valence-corrected chi connectivity index (χ4v) is 5.41. The standard InChI is InChI=1S/C19H28N2O4S/c1-15(19(22)23)20-11-13-21(14-12-20)26(24,25)18-9-7-17(8-10-18)16-5-3-2-4-6-16/h7-10,15-16H,2-6,11-14H2,1H3,(H,22,23). The molecule has 1 heterocycles. The van der Waals surface area contributed by atoms with E-state index in [1.54, 1.807) is 24.0 Å². The summed E-state index contributed by atoms with van der Waals surface area (Å²) in [4.78, 5) is 13.2. The molecule has 1 aromatic carbocycles. The lowest BCUT2D eigenvalue weighted by atomic mass is 9.84. The van der Waals surface area contributed by atoms with Crippen LogP contribution in [0.25, 0.3) is 0 Å². The van der Waals surface area contributed by atoms with Crippen molar-refractivity contribution in [2.45, 2.75) is 55.9 Å². The molecule has 6 nitrogen and oxygen atoms in total. The van der Waals surface area contributed by atoms with Crippen molar-refractivity contribution >= 4 is 16.0 Å². The molecular weight excluding hydrogens is 352 g/mol. The summed E-state index contributed by atoms with van der Waals surface area (Å²) >= 11 is 0. The first-order valence-electron chi connectivity index (χ1n) is 9.46. The van der Waals surface area contributed by atoms with E-state index in [0.29, 0.717) is 37.0 Å². The van der Waals surface area contributed by atoms with Gasteiger partial charge in [0, 0.05) is 26.2 Å². The van der Waals surface area contributed by atoms with Crippen molar-refractivity contribution in [3.05, 3.63) is 29.8 Å². The second-order valence-electron chi connectivity index (χ2n) is 7.36. The Morgan fingerprint density at radius 3 is 2.15 bits per heavy atom. The zero-order valence-corrected chi connectivity index (χ0v) is 16.1. The second-order valence-corrected chi connectivity index (χ2v) is 9.30. The van der Waals surface area contributed by atoms with Gasteiger partial charge in [-0.15, -0.1) is 0 Å². The molecular formula is C19H28N2O4S. The van der Waals surface area contributed by atoms with Crippen molar-refractivity contribution in [1.82, 2.24) is 9.21 Å². The maximum absolute atomic E-state index is 12.9. The van der Waals surface area contributed by atoms with Gasteiger partial charge in [0.15, 0.2) is 0 Å². The molecule has 0 spiro atoms. The number of aliphatic carboxylic acids is 1. The minimum absolute atomic E-state index is 0.324. The number of nitrogens with zero attached hydrogens (tertiary/aromatic N) is 2. The van der Waals surface area contributed by atoms with Crippen LogP contribution in [0.5, 0.6) is 0 Å². The number of sulfonamides is 1. The van der Waals surface area contributed by atoms with Crippen molar-refractivity contribution in [3.63, 3.8) is 0 Å². The molecule has 1 N–H and O–H groups in total. The van der Waals surface area contributed by atoms with Crippen molar-refractivity contribution < 1.29 is 18.3 Å². The molecule has 0 bridgehead atoms. The molecule has 26 heavy (non-hydrogen) atoms. The van der Waals surface area contributed by atoms with E-state index in [4.69, 9.17) is 5.11 Å². The summed E-state index contributed by atoms with van der Waals surface area (Å²) in [6, 6.07) is 6.79. The van der Waals surface area contributed by atoms with Gasteiger partial charge < -0.3 is 5.11 Å². The highest BCUT2D eigenvalue weighted by atomic mass is 32.2. The summed E-state index contributed by atoms with van der Waals surface area (Å²) in [5.41, 5.74) is 1.24. The molecule has 1 atom stereocenters. The maximum atomic E-state index is 12.9. The lowest BCUT2D eigenvalue weighted by Crippen LogP contribution is -2.53. The Labute approximate surface area is 155 Å². The fourth-order valence-electron chi connectivity index (χ4n) is 3.98. The van der Waals surface area contributed by atoms with Gasteiger partial charge in [-0.25, -0.2) is 8.42 Å². The van der Waals surface area contributed by atoms with Gasteiger partial charge >= 0.3 is 5.97 Å². The molecule has 1 saturated heterocycles. The van der Waals surface area contributed by atoms with E-state index in [1.165, 1.54) is 42.0 Å². The van der Waals surface area contributed by atoms with Crippen LogP contribution in [-0.2, 0) is 14.8 Å². The first-order chi connectivity index (χ1) is 12.4. The van der Waals surface area contributed by atoms with Gasteiger partial charge in [0.25, 0.3) is 0 Å². The minimum atomic E-state index is -3.52. The summed E-state index contributed by atoms with van der Waals surface area (Å²) in [5, 5.41) is 9.10. The molecule has 1 aliphatic carbocycles. The van der Waals surface area contributed by atoms with E-state index >= 15 is 0 Å². The lowest BCUT2D eigenvalue weighted by molar-refractivity contribution is -0.143. The van der Waals surface area contributed by atoms with Gasteiger partial charge in [0.05, 0.1) is 4.90 Å². The molecule has 7 heteroatoms. The van der Waals surface area contributed by atoms with Crippen LogP contribution in [0.2, 0.25) is 0 Å². The smallest absolute Gasteiger partial charge is 0.320 e. The quantitative estimate of drug-likeness (QED) is 0.849. The summed E-state index contributed by atoms with van der Waals surface area (Å²) in [5.74, 6) is -0.318. The van der Waals surface area contributed by atoms with Gasteiger partial charge in [-0.2, -0.15) is 4.31 Å². The molecule has 1 saturated carbocycles. The third kappa shape index (κ3) is 4.10. The number of hydrogen-bond acceptors (Lipinski definition) is 4. The SMILES string of the molecule is CC(C(=O)O)N1CCN(S(=O)(=O)c2ccc(C3CCCCC3)cc2)CC1. The van der Waals surface area contributed by atoms with E-state index < -0.39 is 22.0 Å². The molecule has 1 aromatic rings. The summed E-state index contributed by atoms with van der Waals surface area (Å²) < 4.78 is 27.2. The van der Waals surface area contributed by atoms with Crippen LogP contribution in [-0.4, -0.2) is 60.9 Å². The van der Waals surface area contributed by atoms with E-state index in [9.17, 15) is 13.2 Å². The summed E-state index contributed by atoms with van der Waals surface area (Å²) in [6.07, 6.45) is 6.19. The molecule has 1 unspecified atom stereocenters. The third-order valence-electron chi connectivity index (χ3n) is 5.77. The fraction of sp³-hybridized carbons (Fsp3) is 0.632. The molecule has 144 valence electrons. The molecule has 3 rings (SSSR count). The average Bonchev–Trinajstić information content (AvgIpc) is 2.68. The molecule has 0 aromatic heterocycles. The number of carbonyl (C=O) groups is 1. The van der Waals surface area contributed by atoms with E-state index in [2.05, 4.69) is 0 Å². The predicted octanol–water partition coefficient (Wildman–Crippen LogP) is 2.51. The minimum Gasteiger partial charge on any atom is -0.480 e. The van der Waals surface area contributed by atoms with Crippen LogP contribution in [0.3, 0.4) is 0 Å². The number of benzene rings is 1. The Kier molecular flexibility index (Phi) is 5.99. The Hall–Kier alpha value is -1.44. The van der Waals surface area contributed by atoms with Crippen molar-refractivity contribution in [3.8, 4) is 0 Å². The van der Waals surface area contributed by atoms with Gasteiger partial charge in [-0.05, 0) is 43.4 Å². The zero-order chi connectivity index (χ0) is 18.7. The highest BCUT2D eigenvalue weighted by Crippen LogP contribution is 2.33. The van der Waals surface area contributed by atoms with Crippen molar-refractivity contribution in [1.29, 1.82) is 0 Å². The zero-order valence-electron chi connectivity index (χ0n) is 15.3. The van der Waals surface area contributed by atoms with Crippen LogP contribution in [0.4, 0.5) is 0 Å². The highest BCUT2D eigenvalue weighted by molar-refractivity contribution is 7.89. The Morgan fingerprint density at radius 1 is 1.04 bits per heavy atom. The second kappa shape index (κ2) is 8.06. The Bertz CT molecular complexity index is 718. The first-order valence-corrected chi connectivity index (χ1v) is 10.9. The topological polar surface area (TPSA) is 77.9 Å². The largest absolute Gasteiger partial charge is 0.480 e. The average molecular weight is 381 g/mol. The Morgan fingerprint density at radius 2 is 1.62 bits per heavy atom. The number of hydrogen-bond donors (Lipinski definition) is 1. The lowest BCUT2D eigenvalue weighted by Gasteiger charge is -2.35. The first kappa shape index (κ1) is 19.3. The van der Waals surface area contributed by atoms with Crippen LogP contribution >= 0.6 is 0 Å². The van der Waals surface area contributed by atoms with E-state index in [0.717, 1.165) is 0 Å². The van der Waals surface area contributed by atoms with Gasteiger partial charge in [-0.1, -0.05) is 31.4 Å². The number of carboxylic acids is 1. The maximum Gasteiger partial charge on any atom is 0.320 e. The van der Waals surface area contributed by atoms with Crippen molar-refractivity contribution in [2.75, 3.05) is 26.2 Å². The number of rotatable bonds is 5. The van der Waals surface area contributed by atoms with Gasteiger partial charge in [0.1, 0.15) is 6.04 Å². The van der Waals surface area contributed by atoms with Crippen LogP contribution in [0, 0.1) is 0 Å². The number of piperazine rings is 1. The molecule has 0 radical (unpaired) electrons. The van der Waals surface area contributed by atoms with Gasteiger partial charge in [0.2, 0.25) is 10.0 Å². The van der Waals surface area contributed by atoms with Crippen LogP contribution < -0.4 is 0 Å².